The molecule has 0 saturated carbocycles. The summed E-state index contributed by atoms with van der Waals surface area (Å²) in [6.45, 7) is 13.0. The van der Waals surface area contributed by atoms with Crippen molar-refractivity contribution in [3.8, 4) is 5.75 Å². The van der Waals surface area contributed by atoms with Crippen LogP contribution in [0.1, 0.15) is 40.5 Å². The van der Waals surface area contributed by atoms with E-state index in [2.05, 4.69) is 4.90 Å². The molecule has 0 bridgehead atoms. The lowest BCUT2D eigenvalue weighted by molar-refractivity contribution is -0.156. The van der Waals surface area contributed by atoms with E-state index in [9.17, 15) is 19.5 Å². The lowest BCUT2D eigenvalue weighted by Crippen LogP contribution is -2.59. The molecule has 1 spiro atoms. The number of likely N-dealkylation sites (tertiary alicyclic amines) is 1. The van der Waals surface area contributed by atoms with Gasteiger partial charge in [-0.3, -0.25) is 19.3 Å². The molecule has 1 N–H and O–H groups in total. The van der Waals surface area contributed by atoms with E-state index >= 15 is 0 Å². The predicted octanol–water partition coefficient (Wildman–Crippen LogP) is 2.49. The van der Waals surface area contributed by atoms with E-state index in [1.807, 2.05) is 76.3 Å². The number of ether oxygens (including phenoxy) is 3. The molecule has 1 unspecified atom stereocenters. The standard InChI is InChI=1S/C36H50N4O7/c1-5-35-13-7-16-39(26-9-11-28(12-10-26)46-6-2)32(42)29(35)30-33(43)40(27(24-41)23-25(3)4)31-34(44)38(15-8-14-36(30,31)47-35)18-17-37-19-21-45-22-20-37/h7-14,25,27,29-31,41H,5-6,15-24H2,1-4H3/t27-,29+,30+,31?,35-,36+/m1/s1. The number of amides is 3. The number of morpholine rings is 1. The van der Waals surface area contributed by atoms with Crippen molar-refractivity contribution in [3.63, 3.8) is 0 Å². The second-order valence-electron chi connectivity index (χ2n) is 13.8. The number of nitrogens with zero attached hydrogens (tertiary/aromatic N) is 4. The van der Waals surface area contributed by atoms with Crippen molar-refractivity contribution in [1.82, 2.24) is 14.7 Å². The van der Waals surface area contributed by atoms with Crippen molar-refractivity contribution in [2.45, 2.75) is 63.8 Å². The van der Waals surface area contributed by atoms with Crippen molar-refractivity contribution >= 4 is 23.4 Å². The van der Waals surface area contributed by atoms with Gasteiger partial charge in [0.2, 0.25) is 17.7 Å². The fraction of sp³-hybridized carbons (Fsp3) is 0.639. The molecule has 3 saturated heterocycles. The summed E-state index contributed by atoms with van der Waals surface area (Å²) in [6, 6.07) is 5.81. The number of anilines is 1. The van der Waals surface area contributed by atoms with Crippen LogP contribution in [0.3, 0.4) is 0 Å². The van der Waals surface area contributed by atoms with Gasteiger partial charge in [-0.2, -0.15) is 0 Å². The Bertz CT molecular complexity index is 1380. The molecule has 0 aromatic heterocycles. The third-order valence-corrected chi connectivity index (χ3v) is 10.6. The molecule has 6 atom stereocenters. The molecule has 11 nitrogen and oxygen atoms in total. The Kier molecular flexibility index (Phi) is 9.81. The Morgan fingerprint density at radius 1 is 0.936 bits per heavy atom. The van der Waals surface area contributed by atoms with Crippen LogP contribution in [-0.4, -0.2) is 127 Å². The maximum atomic E-state index is 14.9. The van der Waals surface area contributed by atoms with Crippen LogP contribution >= 0.6 is 0 Å². The predicted molar refractivity (Wildman–Crippen MR) is 177 cm³/mol. The van der Waals surface area contributed by atoms with Gasteiger partial charge in [-0.25, -0.2) is 0 Å². The zero-order chi connectivity index (χ0) is 33.3. The summed E-state index contributed by atoms with van der Waals surface area (Å²) in [5.41, 5.74) is -1.75. The molecule has 3 fully saturated rings. The quantitative estimate of drug-likeness (QED) is 0.364. The van der Waals surface area contributed by atoms with Gasteiger partial charge in [-0.05, 0) is 49.9 Å². The van der Waals surface area contributed by atoms with Crippen molar-refractivity contribution in [1.29, 1.82) is 0 Å². The molecule has 256 valence electrons. The van der Waals surface area contributed by atoms with Gasteiger partial charge in [-0.1, -0.05) is 45.1 Å². The Morgan fingerprint density at radius 2 is 1.66 bits per heavy atom. The lowest BCUT2D eigenvalue weighted by Gasteiger charge is -2.41. The number of hydrogen-bond acceptors (Lipinski definition) is 8. The third kappa shape index (κ3) is 5.89. The highest BCUT2D eigenvalue weighted by Crippen LogP contribution is 2.59. The highest BCUT2D eigenvalue weighted by atomic mass is 16.5. The maximum absolute atomic E-state index is 14.9. The number of aliphatic hydroxyl groups is 1. The topological polar surface area (TPSA) is 112 Å². The first kappa shape index (κ1) is 33.6. The van der Waals surface area contributed by atoms with Gasteiger partial charge in [-0.15, -0.1) is 0 Å². The van der Waals surface area contributed by atoms with Gasteiger partial charge < -0.3 is 34.0 Å². The number of carbonyl (C=O) groups is 3. The van der Waals surface area contributed by atoms with Crippen LogP contribution in [0.4, 0.5) is 5.69 Å². The summed E-state index contributed by atoms with van der Waals surface area (Å²) in [7, 11) is 0. The largest absolute Gasteiger partial charge is 0.494 e. The third-order valence-electron chi connectivity index (χ3n) is 10.6. The minimum absolute atomic E-state index is 0.165. The molecule has 5 heterocycles. The van der Waals surface area contributed by atoms with Crippen LogP contribution in [-0.2, 0) is 23.9 Å². The molecule has 11 heteroatoms. The number of carbonyl (C=O) groups excluding carboxylic acids is 3. The van der Waals surface area contributed by atoms with E-state index in [-0.39, 0.29) is 30.2 Å². The molecule has 3 amide bonds. The van der Waals surface area contributed by atoms with Crippen molar-refractivity contribution < 1.29 is 33.7 Å². The monoisotopic (exact) mass is 650 g/mol. The summed E-state index contributed by atoms with van der Waals surface area (Å²) < 4.78 is 18.3. The molecule has 1 aromatic carbocycles. The molecule has 47 heavy (non-hydrogen) atoms. The number of aliphatic hydroxyl groups excluding tert-OH is 1. The number of fused-ring (bicyclic) bond motifs is 2. The van der Waals surface area contributed by atoms with E-state index in [1.54, 1.807) is 14.7 Å². The van der Waals surface area contributed by atoms with Gasteiger partial charge >= 0.3 is 0 Å². The smallest absolute Gasteiger partial charge is 0.249 e. The second-order valence-corrected chi connectivity index (χ2v) is 13.8. The molecule has 5 aliphatic rings. The average Bonchev–Trinajstić information content (AvgIpc) is 3.37. The van der Waals surface area contributed by atoms with Gasteiger partial charge in [0.05, 0.1) is 49.9 Å². The number of hydrogen-bond donors (Lipinski definition) is 1. The summed E-state index contributed by atoms with van der Waals surface area (Å²) >= 11 is 0. The zero-order valence-electron chi connectivity index (χ0n) is 28.2. The van der Waals surface area contributed by atoms with Gasteiger partial charge in [0.15, 0.2) is 0 Å². The number of rotatable bonds is 11. The number of benzene rings is 1. The fourth-order valence-corrected chi connectivity index (χ4v) is 8.37. The Balaban J connectivity index is 1.40. The van der Waals surface area contributed by atoms with Crippen LogP contribution in [0.2, 0.25) is 0 Å². The van der Waals surface area contributed by atoms with E-state index in [0.717, 1.165) is 13.1 Å². The molecular formula is C36H50N4O7. The fourth-order valence-electron chi connectivity index (χ4n) is 8.37. The molecule has 6 rings (SSSR count). The molecule has 0 aliphatic carbocycles. The first-order valence-corrected chi connectivity index (χ1v) is 17.3. The van der Waals surface area contributed by atoms with Gasteiger partial charge in [0.25, 0.3) is 0 Å². The first-order chi connectivity index (χ1) is 22.7. The van der Waals surface area contributed by atoms with Crippen LogP contribution in [0.25, 0.3) is 0 Å². The summed E-state index contributed by atoms with van der Waals surface area (Å²) in [4.78, 5) is 51.9. The normalized spacial score (nSPS) is 31.6. The van der Waals surface area contributed by atoms with Crippen LogP contribution in [0, 0.1) is 17.8 Å². The molecular weight excluding hydrogens is 600 g/mol. The Labute approximate surface area is 278 Å². The highest BCUT2D eigenvalue weighted by Gasteiger charge is 2.76. The summed E-state index contributed by atoms with van der Waals surface area (Å²) in [5.74, 6) is -1.65. The first-order valence-electron chi connectivity index (χ1n) is 17.3. The van der Waals surface area contributed by atoms with E-state index in [0.29, 0.717) is 70.3 Å². The van der Waals surface area contributed by atoms with Crippen LogP contribution in [0.15, 0.2) is 48.6 Å². The average molecular weight is 651 g/mol. The molecule has 1 aromatic rings. The van der Waals surface area contributed by atoms with E-state index in [4.69, 9.17) is 14.2 Å². The van der Waals surface area contributed by atoms with Gasteiger partial charge in [0, 0.05) is 45.0 Å². The SMILES string of the molecule is CCOc1ccc(N2CC=C[C@@]3(CC)O[C@]45C=CCN(CCN6CCOCC6)C(=O)C4N([C@@H](CO)CC(C)C)C(=O)[C@@H]5[C@H]3C2=O)cc1. The van der Waals surface area contributed by atoms with Crippen LogP contribution < -0.4 is 9.64 Å². The van der Waals surface area contributed by atoms with Crippen molar-refractivity contribution in [2.75, 3.05) is 70.6 Å². The van der Waals surface area contributed by atoms with E-state index < -0.39 is 35.1 Å². The van der Waals surface area contributed by atoms with Gasteiger partial charge in [0.1, 0.15) is 17.4 Å². The minimum atomic E-state index is -1.37. The Morgan fingerprint density at radius 3 is 2.32 bits per heavy atom. The zero-order valence-corrected chi connectivity index (χ0v) is 28.2. The second kappa shape index (κ2) is 13.7. The van der Waals surface area contributed by atoms with E-state index in [1.165, 1.54) is 0 Å². The Hall–Kier alpha value is -3.25. The molecule has 0 radical (unpaired) electrons. The van der Waals surface area contributed by atoms with Crippen LogP contribution in [0.5, 0.6) is 5.75 Å². The van der Waals surface area contributed by atoms with Crippen molar-refractivity contribution in [2.24, 2.45) is 17.8 Å². The molecule has 5 aliphatic heterocycles. The van der Waals surface area contributed by atoms with Crippen molar-refractivity contribution in [3.05, 3.63) is 48.6 Å². The summed E-state index contributed by atoms with van der Waals surface area (Å²) in [5, 5.41) is 10.7. The lowest BCUT2D eigenvalue weighted by atomic mass is 9.73. The minimum Gasteiger partial charge on any atom is -0.494 e. The highest BCUT2D eigenvalue weighted by molar-refractivity contribution is 6.04. The summed E-state index contributed by atoms with van der Waals surface area (Å²) in [6.07, 6.45) is 8.69. The maximum Gasteiger partial charge on any atom is 0.249 e.